The first kappa shape index (κ1) is 54.2. The molecular weight excluding hydrogens is 1310 g/mol. The van der Waals surface area contributed by atoms with Gasteiger partial charge in [0.1, 0.15) is 0 Å². The molecule has 1 radical (unpaired) electrons. The summed E-state index contributed by atoms with van der Waals surface area (Å²) in [6.45, 7) is 0. The molecule has 10 aromatic carbocycles. The Morgan fingerprint density at radius 1 is 0.232 bits per heavy atom. The third kappa shape index (κ3) is 14.5. The Bertz CT molecular complexity index is 2580. The molecule has 0 spiro atoms. The summed E-state index contributed by atoms with van der Waals surface area (Å²) in [4.78, 5) is 0. The summed E-state index contributed by atoms with van der Waals surface area (Å²) < 4.78 is 0. The van der Waals surface area contributed by atoms with Crippen molar-refractivity contribution in [3.05, 3.63) is 309 Å². The van der Waals surface area contributed by atoms with Crippen molar-refractivity contribution in [2.24, 2.45) is 0 Å². The number of benzene rings is 10. The van der Waals surface area contributed by atoms with E-state index in [2.05, 4.69) is 285 Å². The maximum absolute atomic E-state index is 6.50. The zero-order valence-electron chi connectivity index (χ0n) is 37.7. The van der Waals surface area contributed by atoms with Gasteiger partial charge in [-0.25, -0.2) is 5.90 Å². The van der Waals surface area contributed by atoms with Crippen LogP contribution in [-0.2, 0) is 68.4 Å². The van der Waals surface area contributed by atoms with Gasteiger partial charge >= 0.3 is 22.4 Å². The fourth-order valence-corrected chi connectivity index (χ4v) is 23.9. The molecule has 0 nitrogen and oxygen atoms in total. The summed E-state index contributed by atoms with van der Waals surface area (Å²) >= 11 is 13.0. The van der Waals surface area contributed by atoms with Crippen molar-refractivity contribution in [1.82, 2.24) is 0 Å². The number of hydrogen-bond donors (Lipinski definition) is 0. The van der Waals surface area contributed by atoms with Crippen molar-refractivity contribution in [3.8, 4) is 0 Å². The van der Waals surface area contributed by atoms with Gasteiger partial charge in [-0.15, -0.1) is 35.7 Å². The van der Waals surface area contributed by atoms with Crippen LogP contribution in [0.25, 0.3) is 0 Å². The average molecular weight is 1370 g/mol. The van der Waals surface area contributed by atoms with Gasteiger partial charge in [-0.3, -0.25) is 0 Å². The van der Waals surface area contributed by atoms with Crippen molar-refractivity contribution < 1.29 is 44.8 Å². The number of hydrogen-bond acceptors (Lipinski definition) is 2. The van der Waals surface area contributed by atoms with Gasteiger partial charge < -0.3 is 0 Å². The maximum atomic E-state index is 6.50. The molecule has 0 amide bonds. The summed E-state index contributed by atoms with van der Waals surface area (Å²) in [7, 11) is -0.892. The SMILES string of the molecule is S=P([CH-]P(=S)(c1ccccc1)c1ccccc1)(c1ccccc1)c1ccccc1.[Au+].[Au].c1ccc(P(c2ccccc2)c2ccccc2)cc1.c1ccc(P(c2ccccc2)c2ccccc2)cc1. The van der Waals surface area contributed by atoms with Crippen LogP contribution in [0.5, 0.6) is 0 Å². The summed E-state index contributed by atoms with van der Waals surface area (Å²) in [5.74, 6) is 2.38. The monoisotopic (exact) mass is 1370 g/mol. The minimum atomic E-state index is -2.22. The number of rotatable bonds is 12. The average Bonchev–Trinajstić information content (AvgIpc) is 3.42. The molecule has 0 heterocycles. The molecular formula is C61H51Au2P4S2. The third-order valence-electron chi connectivity index (χ3n) is 11.0. The van der Waals surface area contributed by atoms with Crippen LogP contribution < -0.4 is 53.0 Å². The molecule has 10 aromatic rings. The Kier molecular flexibility index (Phi) is 22.0. The van der Waals surface area contributed by atoms with Gasteiger partial charge in [-0.2, -0.15) is 0 Å². The molecule has 0 unspecified atom stereocenters. The van der Waals surface area contributed by atoms with Crippen LogP contribution >= 0.6 is 27.9 Å². The van der Waals surface area contributed by atoms with Crippen LogP contribution in [0.1, 0.15) is 0 Å². The van der Waals surface area contributed by atoms with Crippen LogP contribution in [-0.4, -0.2) is 0 Å². The van der Waals surface area contributed by atoms with E-state index in [1.165, 1.54) is 53.0 Å². The van der Waals surface area contributed by atoms with Crippen LogP contribution in [0.3, 0.4) is 0 Å². The summed E-state index contributed by atoms with van der Waals surface area (Å²) in [5.41, 5.74) is 0. The Morgan fingerprint density at radius 2 is 0.362 bits per heavy atom. The van der Waals surface area contributed by atoms with E-state index in [4.69, 9.17) is 23.6 Å². The van der Waals surface area contributed by atoms with Gasteiger partial charge in [-0.1, -0.05) is 303 Å². The molecule has 0 aliphatic rings. The molecule has 0 aromatic heterocycles. The maximum Gasteiger partial charge on any atom is 1.00 e. The second kappa shape index (κ2) is 28.0. The van der Waals surface area contributed by atoms with E-state index in [0.29, 0.717) is 0 Å². The van der Waals surface area contributed by atoms with Crippen molar-refractivity contribution in [3.63, 3.8) is 0 Å². The van der Waals surface area contributed by atoms with E-state index in [1.807, 2.05) is 24.3 Å². The van der Waals surface area contributed by atoms with Crippen molar-refractivity contribution in [2.75, 3.05) is 0 Å². The zero-order chi connectivity index (χ0) is 46.0. The molecule has 0 saturated carbocycles. The molecule has 8 heteroatoms. The van der Waals surface area contributed by atoms with E-state index < -0.39 is 27.9 Å². The smallest absolute Gasteiger partial charge is 0.236 e. The van der Waals surface area contributed by atoms with Gasteiger partial charge in [0.15, 0.2) is 0 Å². The minimum Gasteiger partial charge on any atom is -0.236 e. The van der Waals surface area contributed by atoms with Crippen LogP contribution in [0.4, 0.5) is 0 Å². The van der Waals surface area contributed by atoms with Gasteiger partial charge in [0, 0.05) is 22.4 Å². The molecule has 0 fully saturated rings. The fraction of sp³-hybridized carbons (Fsp3) is 0. The Hall–Kier alpha value is -4.16. The Morgan fingerprint density at radius 3 is 0.507 bits per heavy atom. The normalized spacial score (nSPS) is 10.8. The molecule has 0 N–H and O–H groups in total. The molecule has 0 aliphatic carbocycles. The van der Waals surface area contributed by atoms with Gasteiger partial charge in [0.05, 0.1) is 0 Å². The van der Waals surface area contributed by atoms with Crippen LogP contribution in [0.2, 0.25) is 0 Å². The predicted molar refractivity (Wildman–Crippen MR) is 307 cm³/mol. The summed E-state index contributed by atoms with van der Waals surface area (Å²) in [6.07, 6.45) is 0. The van der Waals surface area contributed by atoms with Gasteiger partial charge in [0.2, 0.25) is 0 Å². The van der Waals surface area contributed by atoms with E-state index in [1.54, 1.807) is 0 Å². The fourth-order valence-electron chi connectivity index (χ4n) is 7.75. The van der Waals surface area contributed by atoms with Crippen LogP contribution in [0, 0.1) is 5.90 Å². The third-order valence-corrected chi connectivity index (χ3v) is 26.9. The molecule has 0 saturated heterocycles. The predicted octanol–water partition coefficient (Wildman–Crippen LogP) is 12.3. The first-order chi connectivity index (χ1) is 33.0. The quantitative estimate of drug-likeness (QED) is 0.0679. The van der Waals surface area contributed by atoms with Gasteiger partial charge in [0.25, 0.3) is 0 Å². The van der Waals surface area contributed by atoms with Crippen LogP contribution in [0.15, 0.2) is 303 Å². The molecule has 10 rings (SSSR count). The first-order valence-electron chi connectivity index (χ1n) is 22.2. The van der Waals surface area contributed by atoms with E-state index in [0.717, 1.165) is 0 Å². The molecule has 69 heavy (non-hydrogen) atoms. The first-order valence-corrected chi connectivity index (χ1v) is 30.7. The minimum absolute atomic E-state index is 0. The molecule has 0 atom stereocenters. The summed E-state index contributed by atoms with van der Waals surface area (Å²) in [6, 6.07) is 102. The van der Waals surface area contributed by atoms with E-state index >= 15 is 0 Å². The zero-order valence-corrected chi connectivity index (χ0v) is 47.2. The van der Waals surface area contributed by atoms with Crippen molar-refractivity contribution >= 4 is 105 Å². The van der Waals surface area contributed by atoms with E-state index in [9.17, 15) is 0 Å². The van der Waals surface area contributed by atoms with Crippen molar-refractivity contribution in [2.45, 2.75) is 0 Å². The van der Waals surface area contributed by atoms with E-state index in [-0.39, 0.29) is 44.8 Å². The Balaban J connectivity index is 0.000000173. The topological polar surface area (TPSA) is 0 Å². The molecule has 0 bridgehead atoms. The van der Waals surface area contributed by atoms with Gasteiger partial charge in [-0.05, 0) is 68.9 Å². The summed E-state index contributed by atoms with van der Waals surface area (Å²) in [5, 5.41) is 13.1. The van der Waals surface area contributed by atoms with Crippen molar-refractivity contribution in [1.29, 1.82) is 0 Å². The standard InChI is InChI=1S/C25H21P2S2.2C18H15P.2Au/c28-26(22-13-5-1-6-14-22,23-15-7-2-8-16-23)21-27(29,24-17-9-3-10-18-24)25-19-11-4-12-20-25;2*1-4-10-16(11-5-1)19(17-12-6-2-7-13-17)18-14-8-3-9-15-18;;/h1-21H;2*1-15H;;/q-1;;;;+1. The second-order valence-electron chi connectivity index (χ2n) is 15.5. The molecule has 349 valence electrons. The Labute approximate surface area is 454 Å². The molecule has 0 aliphatic heterocycles. The largest absolute Gasteiger partial charge is 1.00 e. The second-order valence-corrected chi connectivity index (χ2v) is 29.0.